The Morgan fingerprint density at radius 1 is 1.18 bits per heavy atom. The molecule has 4 aromatic rings. The fourth-order valence-corrected chi connectivity index (χ4v) is 3.95. The lowest BCUT2D eigenvalue weighted by molar-refractivity contribution is 0.102. The molecule has 1 amide bonds. The third-order valence-electron chi connectivity index (χ3n) is 5.44. The lowest BCUT2D eigenvalue weighted by Gasteiger charge is -2.14. The molecule has 0 saturated heterocycles. The molecule has 7 nitrogen and oxygen atoms in total. The predicted molar refractivity (Wildman–Crippen MR) is 125 cm³/mol. The smallest absolute Gasteiger partial charge is 0.255 e. The number of fused-ring (bicyclic) bond motifs is 2. The Labute approximate surface area is 191 Å². The van der Waals surface area contributed by atoms with Crippen LogP contribution in [0.25, 0.3) is 5.65 Å². The number of carbonyl (C=O) groups excluding carboxylic acids is 1. The minimum atomic E-state index is -0.250. The van der Waals surface area contributed by atoms with Crippen LogP contribution >= 0.6 is 0 Å². The van der Waals surface area contributed by atoms with Gasteiger partial charge < -0.3 is 23.9 Å². The normalized spacial score (nSPS) is 14.5. The Kier molecular flexibility index (Phi) is 5.60. The molecule has 0 saturated carbocycles. The maximum atomic E-state index is 13.0. The summed E-state index contributed by atoms with van der Waals surface area (Å²) >= 11 is 0. The van der Waals surface area contributed by atoms with Crippen molar-refractivity contribution < 1.29 is 19.0 Å². The largest absolute Gasteiger partial charge is 0.492 e. The summed E-state index contributed by atoms with van der Waals surface area (Å²) in [6.45, 7) is 4.75. The maximum Gasteiger partial charge on any atom is 0.255 e. The monoisotopic (exact) mass is 443 g/mol. The van der Waals surface area contributed by atoms with Crippen LogP contribution in [-0.4, -0.2) is 28.0 Å². The van der Waals surface area contributed by atoms with E-state index in [4.69, 9.17) is 14.2 Å². The molecule has 0 spiro atoms. The van der Waals surface area contributed by atoms with Gasteiger partial charge in [0.1, 0.15) is 35.6 Å². The molecular weight excluding hydrogens is 418 g/mol. The maximum absolute atomic E-state index is 13.0. The zero-order valence-electron chi connectivity index (χ0n) is 18.6. The summed E-state index contributed by atoms with van der Waals surface area (Å²) in [5, 5.41) is 2.96. The quantitative estimate of drug-likeness (QED) is 0.440. The predicted octanol–water partition coefficient (Wildman–Crippen LogP) is 4.89. The molecule has 0 radical (unpaired) electrons. The van der Waals surface area contributed by atoms with Gasteiger partial charge in [0.15, 0.2) is 0 Å². The van der Waals surface area contributed by atoms with Crippen molar-refractivity contribution in [3.8, 4) is 17.2 Å². The van der Waals surface area contributed by atoms with Gasteiger partial charge in [-0.25, -0.2) is 4.98 Å². The van der Waals surface area contributed by atoms with E-state index in [0.29, 0.717) is 36.0 Å². The van der Waals surface area contributed by atoms with Crippen molar-refractivity contribution in [1.82, 2.24) is 9.38 Å². The van der Waals surface area contributed by atoms with E-state index < -0.39 is 0 Å². The fraction of sp³-hybridized carbons (Fsp3) is 0.231. The zero-order valence-corrected chi connectivity index (χ0v) is 18.6. The highest BCUT2D eigenvalue weighted by atomic mass is 16.5. The summed E-state index contributed by atoms with van der Waals surface area (Å²) in [6, 6.07) is 16.7. The average molecular weight is 444 g/mol. The third-order valence-corrected chi connectivity index (χ3v) is 5.44. The number of nitrogens with one attached hydrogen (secondary N) is 1. The Bertz CT molecular complexity index is 1280. The summed E-state index contributed by atoms with van der Waals surface area (Å²) in [6.07, 6.45) is 4.81. The van der Waals surface area contributed by atoms with Crippen LogP contribution in [-0.2, 0) is 13.0 Å². The molecule has 1 N–H and O–H groups in total. The number of ether oxygens (including phenoxy) is 3. The van der Waals surface area contributed by atoms with E-state index in [1.807, 2.05) is 67.0 Å². The van der Waals surface area contributed by atoms with Crippen LogP contribution in [0.2, 0.25) is 0 Å². The number of pyridine rings is 1. The van der Waals surface area contributed by atoms with E-state index in [1.165, 1.54) is 0 Å². The second-order valence-electron chi connectivity index (χ2n) is 7.99. The molecule has 7 heteroatoms. The first-order valence-electron chi connectivity index (χ1n) is 11.0. The molecule has 1 aliphatic heterocycles. The number of carbonyl (C=O) groups is 1. The summed E-state index contributed by atoms with van der Waals surface area (Å²) in [4.78, 5) is 17.5. The Balaban J connectivity index is 1.30. The van der Waals surface area contributed by atoms with Crippen molar-refractivity contribution in [2.45, 2.75) is 33.0 Å². The second-order valence-corrected chi connectivity index (χ2v) is 7.99. The van der Waals surface area contributed by atoms with Gasteiger partial charge in [0.2, 0.25) is 0 Å². The molecule has 33 heavy (non-hydrogen) atoms. The van der Waals surface area contributed by atoms with Gasteiger partial charge in [0, 0.05) is 36.0 Å². The van der Waals surface area contributed by atoms with Crippen molar-refractivity contribution in [2.24, 2.45) is 0 Å². The first kappa shape index (κ1) is 20.9. The summed E-state index contributed by atoms with van der Waals surface area (Å²) in [5.41, 5.74) is 3.84. The van der Waals surface area contributed by atoms with E-state index in [2.05, 4.69) is 10.3 Å². The van der Waals surface area contributed by atoms with E-state index >= 15 is 0 Å². The van der Waals surface area contributed by atoms with Gasteiger partial charge in [-0.15, -0.1) is 0 Å². The first-order chi connectivity index (χ1) is 16.1. The Morgan fingerprint density at radius 3 is 2.94 bits per heavy atom. The van der Waals surface area contributed by atoms with Crippen LogP contribution in [0.3, 0.4) is 0 Å². The minimum Gasteiger partial charge on any atom is -0.492 e. The molecule has 0 aliphatic carbocycles. The van der Waals surface area contributed by atoms with E-state index in [-0.39, 0.29) is 12.0 Å². The molecule has 2 aromatic heterocycles. The van der Waals surface area contributed by atoms with Crippen LogP contribution in [0.4, 0.5) is 5.69 Å². The topological polar surface area (TPSA) is 74.1 Å². The lowest BCUT2D eigenvalue weighted by Crippen LogP contribution is -2.13. The number of rotatable bonds is 7. The molecule has 168 valence electrons. The number of nitrogens with zero attached hydrogens (tertiary/aromatic N) is 2. The molecule has 3 heterocycles. The Morgan fingerprint density at radius 2 is 2.09 bits per heavy atom. The number of hydrogen-bond acceptors (Lipinski definition) is 5. The third kappa shape index (κ3) is 4.48. The summed E-state index contributed by atoms with van der Waals surface area (Å²) in [7, 11) is 0. The van der Waals surface area contributed by atoms with E-state index in [1.54, 1.807) is 18.2 Å². The van der Waals surface area contributed by atoms with Crippen molar-refractivity contribution in [3.63, 3.8) is 0 Å². The lowest BCUT2D eigenvalue weighted by atomic mass is 10.1. The number of aromatic nitrogens is 2. The molecule has 0 bridgehead atoms. The molecule has 2 aromatic carbocycles. The van der Waals surface area contributed by atoms with Crippen LogP contribution in [0, 0.1) is 0 Å². The molecule has 1 aliphatic rings. The highest BCUT2D eigenvalue weighted by molar-refractivity contribution is 6.05. The number of benzene rings is 2. The van der Waals surface area contributed by atoms with Gasteiger partial charge in [-0.3, -0.25) is 4.79 Å². The minimum absolute atomic E-state index is 0.113. The molecule has 0 fully saturated rings. The van der Waals surface area contributed by atoms with Crippen molar-refractivity contribution in [1.29, 1.82) is 0 Å². The zero-order chi connectivity index (χ0) is 22.8. The standard InChI is InChI=1S/C26H25N3O4/c1-3-31-24-13-19-11-17(2)33-23(19)14-22(24)28-26(30)18-7-6-8-21(12-18)32-16-20-15-29-10-5-4-9-25(29)27-20/h4-10,12-15,17H,3,11,16H2,1-2H3,(H,28,30). The van der Waals surface area contributed by atoms with Gasteiger partial charge in [-0.1, -0.05) is 12.1 Å². The average Bonchev–Trinajstić information content (AvgIpc) is 3.40. The van der Waals surface area contributed by atoms with Gasteiger partial charge in [0.05, 0.1) is 18.0 Å². The fourth-order valence-electron chi connectivity index (χ4n) is 3.95. The van der Waals surface area contributed by atoms with Gasteiger partial charge in [0.25, 0.3) is 5.91 Å². The van der Waals surface area contributed by atoms with Crippen LogP contribution < -0.4 is 19.5 Å². The second kappa shape index (κ2) is 8.86. The Hall–Kier alpha value is -4.00. The van der Waals surface area contributed by atoms with Crippen molar-refractivity contribution in [3.05, 3.63) is 83.8 Å². The molecule has 1 atom stereocenters. The molecular formula is C26H25N3O4. The van der Waals surface area contributed by atoms with Gasteiger partial charge in [-0.2, -0.15) is 0 Å². The summed E-state index contributed by atoms with van der Waals surface area (Å²) in [5.74, 6) is 1.77. The van der Waals surface area contributed by atoms with E-state index in [0.717, 1.165) is 29.1 Å². The van der Waals surface area contributed by atoms with Crippen LogP contribution in [0.15, 0.2) is 67.0 Å². The van der Waals surface area contributed by atoms with E-state index in [9.17, 15) is 4.79 Å². The van der Waals surface area contributed by atoms with Gasteiger partial charge >= 0.3 is 0 Å². The molecule has 1 unspecified atom stereocenters. The number of imidazole rings is 1. The first-order valence-corrected chi connectivity index (χ1v) is 11.0. The van der Waals surface area contributed by atoms with Crippen LogP contribution in [0.5, 0.6) is 17.2 Å². The molecule has 5 rings (SSSR count). The van der Waals surface area contributed by atoms with Crippen LogP contribution in [0.1, 0.15) is 35.5 Å². The van der Waals surface area contributed by atoms with Crippen molar-refractivity contribution >= 4 is 17.2 Å². The number of anilines is 1. The number of hydrogen-bond donors (Lipinski definition) is 1. The van der Waals surface area contributed by atoms with Crippen molar-refractivity contribution in [2.75, 3.05) is 11.9 Å². The van der Waals surface area contributed by atoms with Gasteiger partial charge in [-0.05, 0) is 50.2 Å². The highest BCUT2D eigenvalue weighted by Crippen LogP contribution is 2.38. The number of amides is 1. The summed E-state index contributed by atoms with van der Waals surface area (Å²) < 4.78 is 19.5. The SMILES string of the molecule is CCOc1cc2c(cc1NC(=O)c1cccc(OCc3cn4ccccc4n3)c1)OC(C)C2. The highest BCUT2D eigenvalue weighted by Gasteiger charge is 2.23.